The Morgan fingerprint density at radius 2 is 2.22 bits per heavy atom. The molecule has 1 heterocycles. The lowest BCUT2D eigenvalue weighted by atomic mass is 9.77. The second kappa shape index (κ2) is 6.36. The van der Waals surface area contributed by atoms with Crippen molar-refractivity contribution in [3.8, 4) is 0 Å². The van der Waals surface area contributed by atoms with Crippen LogP contribution in [0.3, 0.4) is 0 Å². The minimum Gasteiger partial charge on any atom is -0.472 e. The van der Waals surface area contributed by atoms with Crippen molar-refractivity contribution in [2.75, 3.05) is 6.61 Å². The number of hydrazine groups is 1. The highest BCUT2D eigenvalue weighted by atomic mass is 16.5. The maximum absolute atomic E-state index is 6.10. The van der Waals surface area contributed by atoms with Crippen LogP contribution in [-0.4, -0.2) is 18.2 Å². The molecule has 0 amide bonds. The molecule has 1 atom stereocenters. The quantitative estimate of drug-likeness (QED) is 0.603. The molecule has 4 nitrogen and oxygen atoms in total. The summed E-state index contributed by atoms with van der Waals surface area (Å²) >= 11 is 0. The van der Waals surface area contributed by atoms with Crippen LogP contribution in [0.1, 0.15) is 44.6 Å². The summed E-state index contributed by atoms with van der Waals surface area (Å²) in [5.74, 6) is 5.78. The average molecular weight is 252 g/mol. The molecule has 1 fully saturated rings. The molecule has 18 heavy (non-hydrogen) atoms. The Labute approximate surface area is 109 Å². The number of ether oxygens (including phenoxy) is 1. The van der Waals surface area contributed by atoms with Crippen molar-refractivity contribution in [1.82, 2.24) is 5.43 Å². The van der Waals surface area contributed by atoms with E-state index in [4.69, 9.17) is 15.0 Å². The Morgan fingerprint density at radius 3 is 2.78 bits per heavy atom. The van der Waals surface area contributed by atoms with Gasteiger partial charge in [0.1, 0.15) is 0 Å². The molecule has 1 aliphatic carbocycles. The molecule has 1 saturated carbocycles. The van der Waals surface area contributed by atoms with Gasteiger partial charge in [0, 0.05) is 6.61 Å². The van der Waals surface area contributed by atoms with E-state index in [2.05, 4.69) is 12.3 Å². The monoisotopic (exact) mass is 252 g/mol. The SMILES string of the molecule is CCOC1(C(Cc2ccoc2)NN)CCCCC1. The Hall–Kier alpha value is -0.840. The topological polar surface area (TPSA) is 60.4 Å². The molecule has 1 unspecified atom stereocenters. The first kappa shape index (κ1) is 13.6. The molecule has 0 aromatic carbocycles. The van der Waals surface area contributed by atoms with Crippen molar-refractivity contribution in [3.05, 3.63) is 24.2 Å². The molecule has 0 aliphatic heterocycles. The van der Waals surface area contributed by atoms with Crippen molar-refractivity contribution < 1.29 is 9.15 Å². The van der Waals surface area contributed by atoms with Crippen LogP contribution < -0.4 is 11.3 Å². The first-order chi connectivity index (χ1) is 8.80. The molecule has 0 spiro atoms. The van der Waals surface area contributed by atoms with E-state index in [9.17, 15) is 0 Å². The van der Waals surface area contributed by atoms with Crippen LogP contribution in [0.25, 0.3) is 0 Å². The third kappa shape index (κ3) is 2.94. The largest absolute Gasteiger partial charge is 0.472 e. The summed E-state index contributed by atoms with van der Waals surface area (Å²) in [7, 11) is 0. The minimum absolute atomic E-state index is 0.112. The van der Waals surface area contributed by atoms with Gasteiger partial charge in [-0.2, -0.15) is 0 Å². The molecular weight excluding hydrogens is 228 g/mol. The molecule has 0 radical (unpaired) electrons. The average Bonchev–Trinajstić information content (AvgIpc) is 2.90. The number of nitrogens with one attached hydrogen (secondary N) is 1. The zero-order valence-corrected chi connectivity index (χ0v) is 11.2. The van der Waals surface area contributed by atoms with Crippen molar-refractivity contribution in [1.29, 1.82) is 0 Å². The third-order valence-electron chi connectivity index (χ3n) is 3.99. The first-order valence-corrected chi connectivity index (χ1v) is 6.92. The summed E-state index contributed by atoms with van der Waals surface area (Å²) in [6.07, 6.45) is 10.3. The van der Waals surface area contributed by atoms with Gasteiger partial charge in [0.25, 0.3) is 0 Å². The Balaban J connectivity index is 2.10. The fraction of sp³-hybridized carbons (Fsp3) is 0.714. The maximum Gasteiger partial charge on any atom is 0.0935 e. The molecule has 102 valence electrons. The van der Waals surface area contributed by atoms with Gasteiger partial charge in [-0.1, -0.05) is 19.3 Å². The van der Waals surface area contributed by atoms with Gasteiger partial charge in [-0.05, 0) is 37.8 Å². The first-order valence-electron chi connectivity index (χ1n) is 6.92. The van der Waals surface area contributed by atoms with E-state index in [-0.39, 0.29) is 11.6 Å². The fourth-order valence-electron chi connectivity index (χ4n) is 3.07. The van der Waals surface area contributed by atoms with Gasteiger partial charge in [0.2, 0.25) is 0 Å². The molecule has 0 bridgehead atoms. The molecule has 3 N–H and O–H groups in total. The summed E-state index contributed by atoms with van der Waals surface area (Å²) < 4.78 is 11.2. The van der Waals surface area contributed by atoms with Crippen molar-refractivity contribution >= 4 is 0 Å². The van der Waals surface area contributed by atoms with Crippen LogP contribution in [0.5, 0.6) is 0 Å². The Morgan fingerprint density at radius 1 is 1.44 bits per heavy atom. The van der Waals surface area contributed by atoms with Gasteiger partial charge in [-0.15, -0.1) is 0 Å². The number of nitrogens with two attached hydrogens (primary N) is 1. The van der Waals surface area contributed by atoms with E-state index in [1.54, 1.807) is 12.5 Å². The molecule has 1 aromatic heterocycles. The summed E-state index contributed by atoms with van der Waals surface area (Å²) in [5.41, 5.74) is 4.03. The van der Waals surface area contributed by atoms with E-state index >= 15 is 0 Å². The van der Waals surface area contributed by atoms with Crippen molar-refractivity contribution in [3.63, 3.8) is 0 Å². The summed E-state index contributed by atoms with van der Waals surface area (Å²) in [6.45, 7) is 2.80. The van der Waals surface area contributed by atoms with Gasteiger partial charge in [0.15, 0.2) is 0 Å². The van der Waals surface area contributed by atoms with E-state index in [0.29, 0.717) is 0 Å². The molecule has 4 heteroatoms. The minimum atomic E-state index is -0.112. The highest BCUT2D eigenvalue weighted by molar-refractivity contribution is 5.10. The fourth-order valence-corrected chi connectivity index (χ4v) is 3.07. The van der Waals surface area contributed by atoms with Gasteiger partial charge in [-0.3, -0.25) is 11.3 Å². The van der Waals surface area contributed by atoms with Crippen LogP contribution in [0, 0.1) is 0 Å². The van der Waals surface area contributed by atoms with Crippen LogP contribution in [-0.2, 0) is 11.2 Å². The predicted octanol–water partition coefficient (Wildman–Crippen LogP) is 2.39. The van der Waals surface area contributed by atoms with Crippen LogP contribution in [0.15, 0.2) is 23.0 Å². The smallest absolute Gasteiger partial charge is 0.0935 e. The third-order valence-corrected chi connectivity index (χ3v) is 3.99. The zero-order chi connectivity index (χ0) is 12.8. The van der Waals surface area contributed by atoms with Gasteiger partial charge >= 0.3 is 0 Å². The second-order valence-electron chi connectivity index (χ2n) is 5.11. The Bertz CT molecular complexity index is 326. The highest BCUT2D eigenvalue weighted by Crippen LogP contribution is 2.35. The summed E-state index contributed by atoms with van der Waals surface area (Å²) in [6, 6.07) is 2.14. The van der Waals surface area contributed by atoms with E-state index in [1.807, 2.05) is 6.07 Å². The van der Waals surface area contributed by atoms with Crippen molar-refractivity contribution in [2.24, 2.45) is 5.84 Å². The number of hydrogen-bond acceptors (Lipinski definition) is 4. The zero-order valence-electron chi connectivity index (χ0n) is 11.2. The van der Waals surface area contributed by atoms with Crippen LogP contribution >= 0.6 is 0 Å². The lowest BCUT2D eigenvalue weighted by molar-refractivity contribution is -0.0898. The normalized spacial score (nSPS) is 20.8. The van der Waals surface area contributed by atoms with E-state index in [0.717, 1.165) is 25.9 Å². The lowest BCUT2D eigenvalue weighted by Crippen LogP contribution is -2.57. The number of rotatable bonds is 6. The molecule has 1 aliphatic rings. The van der Waals surface area contributed by atoms with Gasteiger partial charge < -0.3 is 9.15 Å². The molecule has 0 saturated heterocycles. The maximum atomic E-state index is 6.10. The molecular formula is C14H24N2O2. The number of furan rings is 1. The summed E-state index contributed by atoms with van der Waals surface area (Å²) in [5, 5.41) is 0. The van der Waals surface area contributed by atoms with Gasteiger partial charge in [-0.25, -0.2) is 0 Å². The van der Waals surface area contributed by atoms with Crippen molar-refractivity contribution in [2.45, 2.75) is 57.1 Å². The molecule has 1 aromatic rings. The Kier molecular flexibility index (Phi) is 4.80. The second-order valence-corrected chi connectivity index (χ2v) is 5.11. The standard InChI is InChI=1S/C14H24N2O2/c1-2-18-14(7-4-3-5-8-14)13(16-15)10-12-6-9-17-11-12/h6,9,11,13,16H,2-5,7-8,10,15H2,1H3. The van der Waals surface area contributed by atoms with Crippen LogP contribution in [0.4, 0.5) is 0 Å². The summed E-state index contributed by atoms with van der Waals surface area (Å²) in [4.78, 5) is 0. The van der Waals surface area contributed by atoms with E-state index < -0.39 is 0 Å². The predicted molar refractivity (Wildman–Crippen MR) is 71.0 cm³/mol. The highest BCUT2D eigenvalue weighted by Gasteiger charge is 2.40. The lowest BCUT2D eigenvalue weighted by Gasteiger charge is -2.43. The molecule has 2 rings (SSSR count). The van der Waals surface area contributed by atoms with Crippen LogP contribution in [0.2, 0.25) is 0 Å². The van der Waals surface area contributed by atoms with Gasteiger partial charge in [0.05, 0.1) is 24.2 Å². The number of hydrogen-bond donors (Lipinski definition) is 2. The van der Waals surface area contributed by atoms with E-state index in [1.165, 1.54) is 24.8 Å².